The summed E-state index contributed by atoms with van der Waals surface area (Å²) in [7, 11) is 0. The molecule has 0 aliphatic carbocycles. The minimum Gasteiger partial charge on any atom is -0.319 e. The molecule has 3 nitrogen and oxygen atoms in total. The fourth-order valence-corrected chi connectivity index (χ4v) is 3.20. The van der Waals surface area contributed by atoms with E-state index in [2.05, 4.69) is 21.7 Å². The van der Waals surface area contributed by atoms with Crippen molar-refractivity contribution in [2.45, 2.75) is 6.54 Å². The van der Waals surface area contributed by atoms with Crippen molar-refractivity contribution in [2.24, 2.45) is 0 Å². The summed E-state index contributed by atoms with van der Waals surface area (Å²) in [5, 5.41) is 1.43. The zero-order chi connectivity index (χ0) is 17.4. The maximum Gasteiger partial charge on any atom is 0.143 e. The summed E-state index contributed by atoms with van der Waals surface area (Å²) < 4.78 is 2.11. The minimum absolute atomic E-state index is 0.445. The number of benzene rings is 2. The minimum atomic E-state index is 0.445. The van der Waals surface area contributed by atoms with Gasteiger partial charge in [0.1, 0.15) is 11.0 Å². The third kappa shape index (κ3) is 3.23. The van der Waals surface area contributed by atoms with Crippen molar-refractivity contribution >= 4 is 45.8 Å². The Morgan fingerprint density at radius 1 is 0.880 bits per heavy atom. The van der Waals surface area contributed by atoms with E-state index in [1.165, 1.54) is 0 Å². The van der Waals surface area contributed by atoms with Crippen LogP contribution < -0.4 is 0 Å². The van der Waals surface area contributed by atoms with E-state index >= 15 is 0 Å². The third-order valence-electron chi connectivity index (χ3n) is 3.96. The van der Waals surface area contributed by atoms with Gasteiger partial charge in [0.15, 0.2) is 0 Å². The van der Waals surface area contributed by atoms with Gasteiger partial charge in [-0.25, -0.2) is 9.97 Å². The Labute approximate surface area is 159 Å². The van der Waals surface area contributed by atoms with Crippen molar-refractivity contribution in [3.05, 3.63) is 81.6 Å². The first kappa shape index (κ1) is 16.4. The molecule has 4 rings (SSSR count). The molecule has 0 spiro atoms. The molecule has 2 aromatic heterocycles. The van der Waals surface area contributed by atoms with Gasteiger partial charge in [0.2, 0.25) is 0 Å². The molecule has 0 radical (unpaired) electrons. The summed E-state index contributed by atoms with van der Waals surface area (Å²) in [5.74, 6) is 0.793. The fourth-order valence-electron chi connectivity index (χ4n) is 2.77. The fraction of sp³-hybridized carbons (Fsp3) is 0.0526. The smallest absolute Gasteiger partial charge is 0.143 e. The van der Waals surface area contributed by atoms with E-state index in [1.807, 2.05) is 30.3 Å². The van der Waals surface area contributed by atoms with Gasteiger partial charge in [-0.05, 0) is 29.8 Å². The standard InChI is InChI=1S/C19H12Cl3N3/c20-14-8-16-17(9-15(14)21)25(11-12-4-2-1-3-5-12)19(24-16)13-6-7-18(22)23-10-13/h1-10H,11H2. The Hall–Kier alpha value is -2.07. The second-order valence-electron chi connectivity index (χ2n) is 5.63. The molecule has 0 saturated carbocycles. The molecule has 0 aliphatic heterocycles. The average Bonchev–Trinajstić information content (AvgIpc) is 2.94. The summed E-state index contributed by atoms with van der Waals surface area (Å²) in [6.45, 7) is 0.660. The molecule has 2 heterocycles. The highest BCUT2D eigenvalue weighted by Crippen LogP contribution is 2.32. The summed E-state index contributed by atoms with van der Waals surface area (Å²) in [6.07, 6.45) is 1.72. The predicted octanol–water partition coefficient (Wildman–Crippen LogP) is 6.11. The largest absolute Gasteiger partial charge is 0.319 e. The molecule has 0 saturated heterocycles. The number of aromatic nitrogens is 3. The predicted molar refractivity (Wildman–Crippen MR) is 104 cm³/mol. The second-order valence-corrected chi connectivity index (χ2v) is 6.83. The lowest BCUT2D eigenvalue weighted by molar-refractivity contribution is 0.834. The van der Waals surface area contributed by atoms with E-state index in [0.29, 0.717) is 21.7 Å². The number of hydrogen-bond acceptors (Lipinski definition) is 2. The van der Waals surface area contributed by atoms with Gasteiger partial charge in [-0.15, -0.1) is 0 Å². The molecule has 6 heteroatoms. The number of pyridine rings is 1. The zero-order valence-electron chi connectivity index (χ0n) is 13.0. The first-order chi connectivity index (χ1) is 12.1. The van der Waals surface area contributed by atoms with Crippen LogP contribution in [-0.4, -0.2) is 14.5 Å². The molecule has 124 valence electrons. The van der Waals surface area contributed by atoms with Crippen LogP contribution in [0.4, 0.5) is 0 Å². The van der Waals surface area contributed by atoms with Crippen LogP contribution in [0.25, 0.3) is 22.4 Å². The van der Waals surface area contributed by atoms with Crippen molar-refractivity contribution in [1.29, 1.82) is 0 Å². The van der Waals surface area contributed by atoms with E-state index in [1.54, 1.807) is 18.3 Å². The highest BCUT2D eigenvalue weighted by atomic mass is 35.5. The Morgan fingerprint density at radius 3 is 2.36 bits per heavy atom. The van der Waals surface area contributed by atoms with Gasteiger partial charge in [-0.3, -0.25) is 0 Å². The monoisotopic (exact) mass is 387 g/mol. The van der Waals surface area contributed by atoms with Gasteiger partial charge in [0, 0.05) is 18.3 Å². The van der Waals surface area contributed by atoms with Crippen LogP contribution in [0.3, 0.4) is 0 Å². The molecular weight excluding hydrogens is 377 g/mol. The molecule has 0 aliphatic rings. The maximum atomic E-state index is 6.24. The van der Waals surface area contributed by atoms with Crippen LogP contribution in [0.1, 0.15) is 5.56 Å². The normalized spacial score (nSPS) is 11.2. The average molecular weight is 389 g/mol. The third-order valence-corrected chi connectivity index (χ3v) is 4.91. The van der Waals surface area contributed by atoms with Gasteiger partial charge in [0.25, 0.3) is 0 Å². The van der Waals surface area contributed by atoms with E-state index in [-0.39, 0.29) is 0 Å². The number of fused-ring (bicyclic) bond motifs is 1. The van der Waals surface area contributed by atoms with Gasteiger partial charge < -0.3 is 4.57 Å². The molecule has 2 aromatic carbocycles. The van der Waals surface area contributed by atoms with Crippen molar-refractivity contribution in [2.75, 3.05) is 0 Å². The summed E-state index contributed by atoms with van der Waals surface area (Å²) in [4.78, 5) is 8.92. The number of hydrogen-bond donors (Lipinski definition) is 0. The Kier molecular flexibility index (Phi) is 4.38. The highest BCUT2D eigenvalue weighted by Gasteiger charge is 2.15. The van der Waals surface area contributed by atoms with E-state index in [0.717, 1.165) is 28.0 Å². The number of imidazole rings is 1. The first-order valence-electron chi connectivity index (χ1n) is 7.63. The molecule has 0 unspecified atom stereocenters. The van der Waals surface area contributed by atoms with Gasteiger partial charge >= 0.3 is 0 Å². The second kappa shape index (κ2) is 6.68. The molecule has 25 heavy (non-hydrogen) atoms. The molecular formula is C19H12Cl3N3. The highest BCUT2D eigenvalue weighted by molar-refractivity contribution is 6.42. The topological polar surface area (TPSA) is 30.7 Å². The van der Waals surface area contributed by atoms with E-state index < -0.39 is 0 Å². The lowest BCUT2D eigenvalue weighted by Crippen LogP contribution is -2.02. The Balaban J connectivity index is 1.94. The van der Waals surface area contributed by atoms with Crippen LogP contribution in [0, 0.1) is 0 Å². The van der Waals surface area contributed by atoms with Crippen molar-refractivity contribution in [1.82, 2.24) is 14.5 Å². The van der Waals surface area contributed by atoms with E-state index in [9.17, 15) is 0 Å². The molecule has 0 N–H and O–H groups in total. The quantitative estimate of drug-likeness (QED) is 0.397. The molecule has 4 aromatic rings. The number of halogens is 3. The maximum absolute atomic E-state index is 6.24. The van der Waals surface area contributed by atoms with Gasteiger partial charge in [-0.1, -0.05) is 65.1 Å². The number of nitrogens with zero attached hydrogens (tertiary/aromatic N) is 3. The van der Waals surface area contributed by atoms with Gasteiger partial charge in [-0.2, -0.15) is 0 Å². The Morgan fingerprint density at radius 2 is 1.64 bits per heavy atom. The van der Waals surface area contributed by atoms with Crippen molar-refractivity contribution in [3.63, 3.8) is 0 Å². The summed E-state index contributed by atoms with van der Waals surface area (Å²) >= 11 is 18.3. The van der Waals surface area contributed by atoms with Crippen LogP contribution in [0.5, 0.6) is 0 Å². The lowest BCUT2D eigenvalue weighted by Gasteiger charge is -2.10. The first-order valence-corrected chi connectivity index (χ1v) is 8.76. The van der Waals surface area contributed by atoms with Crippen LogP contribution in [-0.2, 0) is 6.54 Å². The van der Waals surface area contributed by atoms with Crippen LogP contribution in [0.2, 0.25) is 15.2 Å². The Bertz CT molecular complexity index is 1040. The molecule has 0 fully saturated rings. The lowest BCUT2D eigenvalue weighted by atomic mass is 10.2. The zero-order valence-corrected chi connectivity index (χ0v) is 15.2. The summed E-state index contributed by atoms with van der Waals surface area (Å²) in [6, 6.07) is 17.5. The molecule has 0 amide bonds. The number of rotatable bonds is 3. The summed E-state index contributed by atoms with van der Waals surface area (Å²) in [5.41, 5.74) is 3.75. The van der Waals surface area contributed by atoms with Crippen LogP contribution >= 0.6 is 34.8 Å². The van der Waals surface area contributed by atoms with Crippen LogP contribution in [0.15, 0.2) is 60.8 Å². The SMILES string of the molecule is Clc1ccc(-c2nc3cc(Cl)c(Cl)cc3n2Cc2ccccc2)cn1. The van der Waals surface area contributed by atoms with Crippen molar-refractivity contribution in [3.8, 4) is 11.4 Å². The van der Waals surface area contributed by atoms with E-state index in [4.69, 9.17) is 39.8 Å². The molecule has 0 atom stereocenters. The van der Waals surface area contributed by atoms with Gasteiger partial charge in [0.05, 0.1) is 21.1 Å². The molecule has 0 bridgehead atoms. The van der Waals surface area contributed by atoms with Crippen molar-refractivity contribution < 1.29 is 0 Å².